The van der Waals surface area contributed by atoms with E-state index in [1.54, 1.807) is 24.3 Å². The molecule has 27 heavy (non-hydrogen) atoms. The van der Waals surface area contributed by atoms with Crippen LogP contribution in [0, 0.1) is 13.8 Å². The molecular formula is C21H21NO5. The minimum Gasteiger partial charge on any atom is -0.491 e. The van der Waals surface area contributed by atoms with Gasteiger partial charge < -0.3 is 19.2 Å². The summed E-state index contributed by atoms with van der Waals surface area (Å²) in [6, 6.07) is 14.1. The first-order chi connectivity index (χ1) is 13.0. The summed E-state index contributed by atoms with van der Waals surface area (Å²) in [5.74, 6) is 1.01. The fourth-order valence-corrected chi connectivity index (χ4v) is 2.64. The number of nitrogens with one attached hydrogen (secondary N) is 1. The zero-order chi connectivity index (χ0) is 19.2. The van der Waals surface area contributed by atoms with Gasteiger partial charge in [-0.3, -0.25) is 4.79 Å². The third-order valence-corrected chi connectivity index (χ3v) is 3.98. The highest BCUT2D eigenvalue weighted by molar-refractivity contribution is 5.79. The van der Waals surface area contributed by atoms with Crippen LogP contribution in [-0.2, 0) is 4.79 Å². The first kappa shape index (κ1) is 18.5. The van der Waals surface area contributed by atoms with Crippen molar-refractivity contribution < 1.29 is 18.7 Å². The molecule has 0 atom stereocenters. The van der Waals surface area contributed by atoms with Crippen LogP contribution in [0.1, 0.15) is 11.1 Å². The zero-order valence-corrected chi connectivity index (χ0v) is 15.3. The Labute approximate surface area is 156 Å². The standard InChI is InChI=1S/C21H21NO5/c1-14-3-7-18(15(2)11-14)25-10-9-22-20(23)13-26-17-6-4-16-5-8-21(24)27-19(16)12-17/h3-8,11-12H,9-10,13H2,1-2H3,(H,22,23). The second-order valence-electron chi connectivity index (χ2n) is 6.21. The molecule has 0 saturated carbocycles. The molecule has 0 unspecified atom stereocenters. The molecule has 0 spiro atoms. The Balaban J connectivity index is 1.43. The van der Waals surface area contributed by atoms with Gasteiger partial charge in [0.1, 0.15) is 23.7 Å². The van der Waals surface area contributed by atoms with Crippen molar-refractivity contribution in [3.63, 3.8) is 0 Å². The number of ether oxygens (including phenoxy) is 2. The molecule has 0 saturated heterocycles. The van der Waals surface area contributed by atoms with Gasteiger partial charge in [0.15, 0.2) is 6.61 Å². The predicted molar refractivity (Wildman–Crippen MR) is 102 cm³/mol. The van der Waals surface area contributed by atoms with Gasteiger partial charge in [-0.2, -0.15) is 0 Å². The second-order valence-corrected chi connectivity index (χ2v) is 6.21. The fraction of sp³-hybridized carbons (Fsp3) is 0.238. The van der Waals surface area contributed by atoms with Crippen LogP contribution in [0.25, 0.3) is 11.0 Å². The van der Waals surface area contributed by atoms with E-state index in [9.17, 15) is 9.59 Å². The van der Waals surface area contributed by atoms with Crippen molar-refractivity contribution in [3.8, 4) is 11.5 Å². The van der Waals surface area contributed by atoms with Crippen LogP contribution in [-0.4, -0.2) is 25.7 Å². The first-order valence-electron chi connectivity index (χ1n) is 8.65. The van der Waals surface area contributed by atoms with E-state index in [1.165, 1.54) is 11.6 Å². The van der Waals surface area contributed by atoms with E-state index in [1.807, 2.05) is 32.0 Å². The fourth-order valence-electron chi connectivity index (χ4n) is 2.64. The lowest BCUT2D eigenvalue weighted by Gasteiger charge is -2.11. The van der Waals surface area contributed by atoms with Gasteiger partial charge in [0, 0.05) is 17.5 Å². The lowest BCUT2D eigenvalue weighted by Crippen LogP contribution is -2.32. The average Bonchev–Trinajstić information content (AvgIpc) is 2.64. The highest BCUT2D eigenvalue weighted by atomic mass is 16.5. The Morgan fingerprint density at radius 2 is 1.85 bits per heavy atom. The van der Waals surface area contributed by atoms with Crippen LogP contribution in [0.3, 0.4) is 0 Å². The molecule has 3 rings (SSSR count). The van der Waals surface area contributed by atoms with Gasteiger partial charge in [-0.25, -0.2) is 4.79 Å². The van der Waals surface area contributed by atoms with Crippen LogP contribution < -0.4 is 20.4 Å². The number of hydrogen-bond donors (Lipinski definition) is 1. The van der Waals surface area contributed by atoms with Crippen molar-refractivity contribution in [2.75, 3.05) is 19.8 Å². The molecule has 0 aliphatic heterocycles. The summed E-state index contributed by atoms with van der Waals surface area (Å²) in [6.45, 7) is 4.63. The average molecular weight is 367 g/mol. The summed E-state index contributed by atoms with van der Waals surface area (Å²) >= 11 is 0. The van der Waals surface area contributed by atoms with Crippen molar-refractivity contribution in [2.45, 2.75) is 13.8 Å². The van der Waals surface area contributed by atoms with Gasteiger partial charge in [0.25, 0.3) is 5.91 Å². The van der Waals surface area contributed by atoms with Crippen LogP contribution in [0.2, 0.25) is 0 Å². The lowest BCUT2D eigenvalue weighted by atomic mass is 10.1. The van der Waals surface area contributed by atoms with Crippen LogP contribution in [0.4, 0.5) is 0 Å². The number of amides is 1. The van der Waals surface area contributed by atoms with Crippen molar-refractivity contribution in [1.29, 1.82) is 0 Å². The Bertz CT molecular complexity index is 1010. The van der Waals surface area contributed by atoms with E-state index >= 15 is 0 Å². The smallest absolute Gasteiger partial charge is 0.336 e. The molecule has 0 fully saturated rings. The monoisotopic (exact) mass is 367 g/mol. The third-order valence-electron chi connectivity index (χ3n) is 3.98. The molecular weight excluding hydrogens is 346 g/mol. The maximum atomic E-state index is 11.9. The molecule has 0 aliphatic rings. The maximum Gasteiger partial charge on any atom is 0.336 e. The minimum atomic E-state index is -0.429. The Kier molecular flexibility index (Phi) is 5.76. The summed E-state index contributed by atoms with van der Waals surface area (Å²) < 4.78 is 16.2. The maximum absolute atomic E-state index is 11.9. The second kappa shape index (κ2) is 8.40. The van der Waals surface area contributed by atoms with Crippen molar-refractivity contribution in [3.05, 3.63) is 70.1 Å². The first-order valence-corrected chi connectivity index (χ1v) is 8.65. The van der Waals surface area contributed by atoms with E-state index in [-0.39, 0.29) is 12.5 Å². The van der Waals surface area contributed by atoms with Gasteiger partial charge in [0.05, 0.1) is 6.54 Å². The van der Waals surface area contributed by atoms with Gasteiger partial charge in [-0.1, -0.05) is 17.7 Å². The number of rotatable bonds is 7. The zero-order valence-electron chi connectivity index (χ0n) is 15.3. The number of carbonyl (C=O) groups is 1. The minimum absolute atomic E-state index is 0.133. The Morgan fingerprint density at radius 3 is 2.67 bits per heavy atom. The molecule has 1 amide bonds. The number of benzene rings is 2. The SMILES string of the molecule is Cc1ccc(OCCNC(=O)COc2ccc3ccc(=O)oc3c2)c(C)c1. The highest BCUT2D eigenvalue weighted by Gasteiger charge is 2.05. The number of fused-ring (bicyclic) bond motifs is 1. The van der Waals surface area contributed by atoms with Crippen molar-refractivity contribution in [2.24, 2.45) is 0 Å². The number of carbonyl (C=O) groups excluding carboxylic acids is 1. The normalized spacial score (nSPS) is 10.6. The Morgan fingerprint density at radius 1 is 1.04 bits per heavy atom. The molecule has 140 valence electrons. The van der Waals surface area contributed by atoms with E-state index < -0.39 is 5.63 Å². The summed E-state index contributed by atoms with van der Waals surface area (Å²) in [6.07, 6.45) is 0. The molecule has 0 bridgehead atoms. The van der Waals surface area contributed by atoms with Crippen molar-refractivity contribution in [1.82, 2.24) is 5.32 Å². The lowest BCUT2D eigenvalue weighted by molar-refractivity contribution is -0.123. The molecule has 1 heterocycles. The van der Waals surface area contributed by atoms with E-state index in [4.69, 9.17) is 13.9 Å². The molecule has 6 nitrogen and oxygen atoms in total. The summed E-state index contributed by atoms with van der Waals surface area (Å²) in [5, 5.41) is 3.52. The van der Waals surface area contributed by atoms with Gasteiger partial charge in [-0.15, -0.1) is 0 Å². The Hall–Kier alpha value is -3.28. The van der Waals surface area contributed by atoms with Gasteiger partial charge in [0.2, 0.25) is 0 Å². The molecule has 0 radical (unpaired) electrons. The largest absolute Gasteiger partial charge is 0.491 e. The van der Waals surface area contributed by atoms with Gasteiger partial charge >= 0.3 is 5.63 Å². The molecule has 6 heteroatoms. The molecule has 3 aromatic rings. The summed E-state index contributed by atoms with van der Waals surface area (Å²) in [7, 11) is 0. The number of hydrogen-bond acceptors (Lipinski definition) is 5. The summed E-state index contributed by atoms with van der Waals surface area (Å²) in [4.78, 5) is 23.2. The molecule has 1 aromatic heterocycles. The third kappa shape index (κ3) is 5.10. The topological polar surface area (TPSA) is 77.8 Å². The molecule has 1 N–H and O–H groups in total. The number of aryl methyl sites for hydroxylation is 2. The molecule has 0 aliphatic carbocycles. The predicted octanol–water partition coefficient (Wildman–Crippen LogP) is 2.98. The summed E-state index contributed by atoms with van der Waals surface area (Å²) in [5.41, 5.74) is 2.23. The van der Waals surface area contributed by atoms with E-state index in [0.717, 1.165) is 16.7 Å². The van der Waals surface area contributed by atoms with E-state index in [2.05, 4.69) is 5.32 Å². The quantitative estimate of drug-likeness (QED) is 0.513. The van der Waals surface area contributed by atoms with Crippen LogP contribution in [0.5, 0.6) is 11.5 Å². The highest BCUT2D eigenvalue weighted by Crippen LogP contribution is 2.19. The van der Waals surface area contributed by atoms with Crippen LogP contribution in [0.15, 0.2) is 57.7 Å². The van der Waals surface area contributed by atoms with Crippen molar-refractivity contribution >= 4 is 16.9 Å². The van der Waals surface area contributed by atoms with Crippen LogP contribution >= 0.6 is 0 Å². The van der Waals surface area contributed by atoms with E-state index in [0.29, 0.717) is 24.5 Å². The molecule has 2 aromatic carbocycles. The van der Waals surface area contributed by atoms with Gasteiger partial charge in [-0.05, 0) is 43.7 Å².